The highest BCUT2D eigenvalue weighted by Gasteiger charge is 2.16. The van der Waals surface area contributed by atoms with Gasteiger partial charge in [0, 0.05) is 6.42 Å². The molecule has 0 saturated carbocycles. The van der Waals surface area contributed by atoms with E-state index >= 15 is 0 Å². The minimum absolute atomic E-state index is 0.170. The van der Waals surface area contributed by atoms with E-state index in [0.717, 1.165) is 12.8 Å². The van der Waals surface area contributed by atoms with Crippen LogP contribution >= 0.6 is 0 Å². The Morgan fingerprint density at radius 3 is 3.00 bits per heavy atom. The van der Waals surface area contributed by atoms with Crippen molar-refractivity contribution in [2.75, 3.05) is 0 Å². The van der Waals surface area contributed by atoms with E-state index in [4.69, 9.17) is 4.74 Å². The summed E-state index contributed by atoms with van der Waals surface area (Å²) in [5, 5.41) is 0. The van der Waals surface area contributed by atoms with Crippen molar-refractivity contribution in [2.24, 2.45) is 0 Å². The Morgan fingerprint density at radius 1 is 1.55 bits per heavy atom. The molecule has 3 nitrogen and oxygen atoms in total. The van der Waals surface area contributed by atoms with E-state index in [1.54, 1.807) is 6.08 Å². The number of carbonyl (C=O) groups is 2. The Bertz CT molecular complexity index is 184. The molecular formula is C8H10O3. The molecule has 1 aliphatic heterocycles. The van der Waals surface area contributed by atoms with Crippen LogP contribution < -0.4 is 0 Å². The highest BCUT2D eigenvalue weighted by atomic mass is 16.5. The van der Waals surface area contributed by atoms with Crippen molar-refractivity contribution in [3.63, 3.8) is 0 Å². The number of hydrogen-bond acceptors (Lipinski definition) is 3. The zero-order chi connectivity index (χ0) is 8.10. The summed E-state index contributed by atoms with van der Waals surface area (Å²) >= 11 is 0. The summed E-state index contributed by atoms with van der Waals surface area (Å²) in [4.78, 5) is 20.6. The SMILES string of the molecule is O=C/C=C/C1CCCC(=O)O1. The van der Waals surface area contributed by atoms with Gasteiger partial charge in [0.05, 0.1) is 0 Å². The summed E-state index contributed by atoms with van der Waals surface area (Å²) in [5.41, 5.74) is 0. The Kier molecular flexibility index (Phi) is 2.83. The normalized spacial score (nSPS) is 25.1. The number of carbonyl (C=O) groups excluding carboxylic acids is 2. The molecule has 0 radical (unpaired) electrons. The summed E-state index contributed by atoms with van der Waals surface area (Å²) in [6.45, 7) is 0. The maximum Gasteiger partial charge on any atom is 0.306 e. The fourth-order valence-corrected chi connectivity index (χ4v) is 1.04. The van der Waals surface area contributed by atoms with Crippen molar-refractivity contribution in [1.29, 1.82) is 0 Å². The van der Waals surface area contributed by atoms with Gasteiger partial charge in [0.15, 0.2) is 0 Å². The van der Waals surface area contributed by atoms with E-state index in [-0.39, 0.29) is 12.1 Å². The molecule has 1 atom stereocenters. The van der Waals surface area contributed by atoms with Crippen LogP contribution in [0.1, 0.15) is 19.3 Å². The minimum atomic E-state index is -0.179. The van der Waals surface area contributed by atoms with Crippen LogP contribution in [0.15, 0.2) is 12.2 Å². The number of rotatable bonds is 2. The van der Waals surface area contributed by atoms with Crippen LogP contribution in [0.4, 0.5) is 0 Å². The lowest BCUT2D eigenvalue weighted by molar-refractivity contribution is -0.150. The first-order chi connectivity index (χ1) is 5.33. The van der Waals surface area contributed by atoms with Crippen LogP contribution in [0, 0.1) is 0 Å². The second-order valence-electron chi connectivity index (χ2n) is 2.44. The number of allylic oxidation sites excluding steroid dienone is 1. The van der Waals surface area contributed by atoms with Gasteiger partial charge in [-0.3, -0.25) is 9.59 Å². The lowest BCUT2D eigenvalue weighted by Gasteiger charge is -2.18. The quantitative estimate of drug-likeness (QED) is 0.336. The molecule has 0 bridgehead atoms. The molecular weight excluding hydrogens is 144 g/mol. The Hall–Kier alpha value is -1.12. The van der Waals surface area contributed by atoms with Gasteiger partial charge in [-0.2, -0.15) is 0 Å². The topological polar surface area (TPSA) is 43.4 Å². The maximum atomic E-state index is 10.7. The molecule has 1 rings (SSSR count). The van der Waals surface area contributed by atoms with Crippen LogP contribution in [-0.4, -0.2) is 18.4 Å². The zero-order valence-corrected chi connectivity index (χ0v) is 6.16. The fraction of sp³-hybridized carbons (Fsp3) is 0.500. The van der Waals surface area contributed by atoms with Gasteiger partial charge in [-0.1, -0.05) is 0 Å². The van der Waals surface area contributed by atoms with Crippen LogP contribution in [0.3, 0.4) is 0 Å². The number of esters is 1. The summed E-state index contributed by atoms with van der Waals surface area (Å²) in [5.74, 6) is -0.170. The molecule has 0 aromatic rings. The molecule has 3 heteroatoms. The highest BCUT2D eigenvalue weighted by molar-refractivity contribution is 5.71. The third-order valence-electron chi connectivity index (χ3n) is 1.56. The van der Waals surface area contributed by atoms with Gasteiger partial charge in [-0.05, 0) is 25.0 Å². The van der Waals surface area contributed by atoms with Gasteiger partial charge in [-0.15, -0.1) is 0 Å². The third kappa shape index (κ3) is 2.53. The van der Waals surface area contributed by atoms with Gasteiger partial charge in [0.25, 0.3) is 0 Å². The molecule has 0 aromatic carbocycles. The molecule has 1 unspecified atom stereocenters. The molecule has 0 spiro atoms. The van der Waals surface area contributed by atoms with Crippen molar-refractivity contribution in [2.45, 2.75) is 25.4 Å². The van der Waals surface area contributed by atoms with Gasteiger partial charge >= 0.3 is 5.97 Å². The number of cyclic esters (lactones) is 1. The number of aldehydes is 1. The first kappa shape index (κ1) is 7.98. The standard InChI is InChI=1S/C8H10O3/c9-6-2-4-7-3-1-5-8(10)11-7/h2,4,6-7H,1,3,5H2/b4-2+. The van der Waals surface area contributed by atoms with Crippen molar-refractivity contribution in [3.05, 3.63) is 12.2 Å². The van der Waals surface area contributed by atoms with Crippen molar-refractivity contribution >= 4 is 12.3 Å². The van der Waals surface area contributed by atoms with Crippen LogP contribution in [0.2, 0.25) is 0 Å². The van der Waals surface area contributed by atoms with Gasteiger partial charge < -0.3 is 4.74 Å². The Morgan fingerprint density at radius 2 is 2.36 bits per heavy atom. The lowest BCUT2D eigenvalue weighted by Crippen LogP contribution is -2.21. The molecule has 1 saturated heterocycles. The molecule has 60 valence electrons. The van der Waals surface area contributed by atoms with Crippen molar-refractivity contribution in [3.8, 4) is 0 Å². The fourth-order valence-electron chi connectivity index (χ4n) is 1.04. The van der Waals surface area contributed by atoms with Crippen LogP contribution in [0.5, 0.6) is 0 Å². The Balaban J connectivity index is 2.39. The summed E-state index contributed by atoms with van der Waals surface area (Å²) in [7, 11) is 0. The average Bonchev–Trinajstić information content (AvgIpc) is 2.01. The predicted octanol–water partition coefficient (Wildman–Crippen LogP) is 0.837. The molecule has 0 aliphatic carbocycles. The van der Waals surface area contributed by atoms with Gasteiger partial charge in [-0.25, -0.2) is 0 Å². The molecule has 0 amide bonds. The largest absolute Gasteiger partial charge is 0.458 e. The summed E-state index contributed by atoms with van der Waals surface area (Å²) < 4.78 is 4.90. The number of hydrogen-bond donors (Lipinski definition) is 0. The second kappa shape index (κ2) is 3.91. The van der Waals surface area contributed by atoms with Crippen molar-refractivity contribution in [1.82, 2.24) is 0 Å². The van der Waals surface area contributed by atoms with E-state index in [1.807, 2.05) is 0 Å². The molecule has 1 fully saturated rings. The summed E-state index contributed by atoms with van der Waals surface area (Å²) in [6, 6.07) is 0. The molecule has 1 aliphatic rings. The predicted molar refractivity (Wildman–Crippen MR) is 38.9 cm³/mol. The molecule has 0 aromatic heterocycles. The smallest absolute Gasteiger partial charge is 0.306 e. The van der Waals surface area contributed by atoms with Crippen LogP contribution in [-0.2, 0) is 14.3 Å². The van der Waals surface area contributed by atoms with Gasteiger partial charge in [0.2, 0.25) is 0 Å². The zero-order valence-electron chi connectivity index (χ0n) is 6.16. The Labute approximate surface area is 65.0 Å². The molecule has 0 N–H and O–H groups in total. The second-order valence-corrected chi connectivity index (χ2v) is 2.44. The van der Waals surface area contributed by atoms with E-state index in [1.165, 1.54) is 6.08 Å². The molecule has 11 heavy (non-hydrogen) atoms. The van der Waals surface area contributed by atoms with E-state index in [2.05, 4.69) is 0 Å². The van der Waals surface area contributed by atoms with E-state index in [0.29, 0.717) is 12.7 Å². The summed E-state index contributed by atoms with van der Waals surface area (Å²) in [6.07, 6.45) is 5.67. The molecule has 1 heterocycles. The average molecular weight is 154 g/mol. The van der Waals surface area contributed by atoms with Crippen LogP contribution in [0.25, 0.3) is 0 Å². The lowest BCUT2D eigenvalue weighted by atomic mass is 10.1. The van der Waals surface area contributed by atoms with E-state index < -0.39 is 0 Å². The number of ether oxygens (including phenoxy) is 1. The third-order valence-corrected chi connectivity index (χ3v) is 1.56. The highest BCUT2D eigenvalue weighted by Crippen LogP contribution is 2.14. The first-order valence-electron chi connectivity index (χ1n) is 3.64. The minimum Gasteiger partial charge on any atom is -0.458 e. The first-order valence-corrected chi connectivity index (χ1v) is 3.64. The van der Waals surface area contributed by atoms with E-state index in [9.17, 15) is 9.59 Å². The maximum absolute atomic E-state index is 10.7. The van der Waals surface area contributed by atoms with Gasteiger partial charge in [0.1, 0.15) is 12.4 Å². The monoisotopic (exact) mass is 154 g/mol. The van der Waals surface area contributed by atoms with Crippen molar-refractivity contribution < 1.29 is 14.3 Å².